The van der Waals surface area contributed by atoms with Gasteiger partial charge < -0.3 is 15.0 Å². The average Bonchev–Trinajstić information content (AvgIpc) is 3.21. The van der Waals surface area contributed by atoms with E-state index in [1.54, 1.807) is 17.7 Å². The van der Waals surface area contributed by atoms with Crippen molar-refractivity contribution in [1.29, 1.82) is 0 Å². The molecule has 1 aliphatic rings. The summed E-state index contributed by atoms with van der Waals surface area (Å²) in [5, 5.41) is 6.67. The number of aromatic nitrogens is 2. The Bertz CT molecular complexity index is 1130. The molecule has 1 N–H and O–H groups in total. The summed E-state index contributed by atoms with van der Waals surface area (Å²) in [6.45, 7) is 5.58. The predicted octanol–water partition coefficient (Wildman–Crippen LogP) is 5.25. The second kappa shape index (κ2) is 7.81. The topological polar surface area (TPSA) is 50.3 Å². The fraction of sp³-hybridized carbons (Fsp3) is 0.217. The van der Waals surface area contributed by atoms with E-state index in [0.717, 1.165) is 48.7 Å². The normalized spacial score (nSPS) is 14.3. The van der Waals surface area contributed by atoms with E-state index in [4.69, 9.17) is 4.74 Å². The van der Waals surface area contributed by atoms with Crippen molar-refractivity contribution in [2.75, 3.05) is 36.5 Å². The highest BCUT2D eigenvalue weighted by atomic mass is 32.1. The van der Waals surface area contributed by atoms with E-state index in [2.05, 4.69) is 81.0 Å². The Morgan fingerprint density at radius 3 is 2.59 bits per heavy atom. The number of rotatable bonds is 4. The monoisotopic (exact) mass is 402 g/mol. The molecule has 146 valence electrons. The van der Waals surface area contributed by atoms with E-state index in [1.807, 2.05) is 0 Å². The zero-order valence-electron chi connectivity index (χ0n) is 16.3. The van der Waals surface area contributed by atoms with Crippen LogP contribution < -0.4 is 10.2 Å². The number of morpholine rings is 1. The van der Waals surface area contributed by atoms with Crippen LogP contribution in [0.5, 0.6) is 0 Å². The molecule has 0 amide bonds. The maximum atomic E-state index is 5.44. The molecule has 1 aliphatic heterocycles. The maximum Gasteiger partial charge on any atom is 0.141 e. The van der Waals surface area contributed by atoms with Crippen molar-refractivity contribution in [2.45, 2.75) is 6.92 Å². The summed E-state index contributed by atoms with van der Waals surface area (Å²) in [7, 11) is 0. The third-order valence-electron chi connectivity index (χ3n) is 5.16. The summed E-state index contributed by atoms with van der Waals surface area (Å²) in [6, 6.07) is 17.1. The van der Waals surface area contributed by atoms with Gasteiger partial charge in [-0.1, -0.05) is 6.07 Å². The van der Waals surface area contributed by atoms with Crippen LogP contribution in [0.2, 0.25) is 0 Å². The molecule has 0 saturated carbocycles. The molecule has 0 radical (unpaired) electrons. The lowest BCUT2D eigenvalue weighted by atomic mass is 10.1. The summed E-state index contributed by atoms with van der Waals surface area (Å²) in [5.41, 5.74) is 5.65. The van der Waals surface area contributed by atoms with Gasteiger partial charge in [-0.25, -0.2) is 9.97 Å². The third-order valence-corrected chi connectivity index (χ3v) is 6.25. The van der Waals surface area contributed by atoms with Crippen LogP contribution in [0, 0.1) is 6.92 Å². The van der Waals surface area contributed by atoms with Crippen LogP contribution in [0.25, 0.3) is 21.3 Å². The summed E-state index contributed by atoms with van der Waals surface area (Å²) in [4.78, 5) is 12.5. The fourth-order valence-corrected chi connectivity index (χ4v) is 4.50. The molecule has 4 aromatic rings. The smallest absolute Gasteiger partial charge is 0.141 e. The molecular weight excluding hydrogens is 380 g/mol. The van der Waals surface area contributed by atoms with Crippen molar-refractivity contribution in [3.63, 3.8) is 0 Å². The van der Waals surface area contributed by atoms with Gasteiger partial charge in [-0.2, -0.15) is 0 Å². The molecular formula is C23H22N4OS. The number of hydrogen-bond acceptors (Lipinski definition) is 6. The summed E-state index contributed by atoms with van der Waals surface area (Å²) < 4.78 is 5.44. The number of nitrogens with one attached hydrogen (secondary N) is 1. The first-order chi connectivity index (χ1) is 14.3. The summed E-state index contributed by atoms with van der Waals surface area (Å²) in [5.74, 6) is 0.823. The van der Waals surface area contributed by atoms with Gasteiger partial charge in [0.25, 0.3) is 0 Å². The lowest BCUT2D eigenvalue weighted by Gasteiger charge is -2.28. The number of benzene rings is 2. The SMILES string of the molecule is Cc1csc(-c2ccc3ncnc(Nc4ccc(N5CCOCC5)cc4)c3c2)c1. The lowest BCUT2D eigenvalue weighted by molar-refractivity contribution is 0.122. The van der Waals surface area contributed by atoms with Gasteiger partial charge >= 0.3 is 0 Å². The molecule has 29 heavy (non-hydrogen) atoms. The van der Waals surface area contributed by atoms with Gasteiger partial charge in [0.05, 0.1) is 18.7 Å². The van der Waals surface area contributed by atoms with E-state index in [-0.39, 0.29) is 0 Å². The van der Waals surface area contributed by atoms with Crippen molar-refractivity contribution >= 4 is 39.4 Å². The van der Waals surface area contributed by atoms with Crippen molar-refractivity contribution in [2.24, 2.45) is 0 Å². The first kappa shape index (κ1) is 18.1. The Morgan fingerprint density at radius 2 is 1.83 bits per heavy atom. The van der Waals surface area contributed by atoms with E-state index >= 15 is 0 Å². The molecule has 5 rings (SSSR count). The lowest BCUT2D eigenvalue weighted by Crippen LogP contribution is -2.36. The number of ether oxygens (including phenoxy) is 1. The number of thiophene rings is 1. The van der Waals surface area contributed by atoms with Crippen molar-refractivity contribution in [3.8, 4) is 10.4 Å². The zero-order valence-corrected chi connectivity index (χ0v) is 17.1. The highest BCUT2D eigenvalue weighted by molar-refractivity contribution is 7.13. The molecule has 5 nitrogen and oxygen atoms in total. The number of anilines is 3. The minimum Gasteiger partial charge on any atom is -0.378 e. The molecule has 2 aromatic carbocycles. The van der Waals surface area contributed by atoms with Crippen LogP contribution in [0.4, 0.5) is 17.2 Å². The summed E-state index contributed by atoms with van der Waals surface area (Å²) in [6.07, 6.45) is 1.61. The molecule has 0 unspecified atom stereocenters. The average molecular weight is 403 g/mol. The van der Waals surface area contributed by atoms with E-state index in [1.165, 1.54) is 21.7 Å². The molecule has 6 heteroatoms. The van der Waals surface area contributed by atoms with Gasteiger partial charge in [-0.3, -0.25) is 0 Å². The standard InChI is InChI=1S/C23H22N4OS/c1-16-12-22(29-14-16)17-2-7-21-20(13-17)23(25-15-24-21)26-18-3-5-19(6-4-18)27-8-10-28-11-9-27/h2-7,12-15H,8-11H2,1H3,(H,24,25,26). The van der Waals surface area contributed by atoms with Gasteiger partial charge in [0.2, 0.25) is 0 Å². The molecule has 2 aromatic heterocycles. The second-order valence-corrected chi connectivity index (χ2v) is 8.13. The van der Waals surface area contributed by atoms with Crippen LogP contribution in [-0.2, 0) is 4.74 Å². The molecule has 0 bridgehead atoms. The van der Waals surface area contributed by atoms with E-state index in [0.29, 0.717) is 0 Å². The molecule has 0 aliphatic carbocycles. The largest absolute Gasteiger partial charge is 0.378 e. The maximum absolute atomic E-state index is 5.44. The van der Waals surface area contributed by atoms with Crippen LogP contribution in [0.3, 0.4) is 0 Å². The van der Waals surface area contributed by atoms with Crippen LogP contribution in [-0.4, -0.2) is 36.3 Å². The Balaban J connectivity index is 1.43. The molecule has 1 saturated heterocycles. The quantitative estimate of drug-likeness (QED) is 0.505. The molecule has 1 fully saturated rings. The van der Waals surface area contributed by atoms with Gasteiger partial charge in [-0.15, -0.1) is 11.3 Å². The van der Waals surface area contributed by atoms with Crippen LogP contribution in [0.15, 0.2) is 60.2 Å². The number of hydrogen-bond donors (Lipinski definition) is 1. The fourth-order valence-electron chi connectivity index (χ4n) is 3.61. The molecule has 3 heterocycles. The molecule has 0 atom stereocenters. The Morgan fingerprint density at radius 1 is 1.00 bits per heavy atom. The minimum atomic E-state index is 0.791. The van der Waals surface area contributed by atoms with Gasteiger partial charge in [-0.05, 0) is 65.9 Å². The van der Waals surface area contributed by atoms with E-state index in [9.17, 15) is 0 Å². The van der Waals surface area contributed by atoms with Gasteiger partial charge in [0.1, 0.15) is 12.1 Å². The highest BCUT2D eigenvalue weighted by Gasteiger charge is 2.12. The number of nitrogens with zero attached hydrogens (tertiary/aromatic N) is 3. The van der Waals surface area contributed by atoms with Crippen molar-refractivity contribution < 1.29 is 4.74 Å². The van der Waals surface area contributed by atoms with Gasteiger partial charge in [0.15, 0.2) is 0 Å². The Hall–Kier alpha value is -2.96. The number of aryl methyl sites for hydroxylation is 1. The van der Waals surface area contributed by atoms with Gasteiger partial charge in [0, 0.05) is 34.7 Å². The second-order valence-electron chi connectivity index (χ2n) is 7.21. The molecule has 0 spiro atoms. The van der Waals surface area contributed by atoms with Crippen LogP contribution >= 0.6 is 11.3 Å². The zero-order chi connectivity index (χ0) is 19.6. The highest BCUT2D eigenvalue weighted by Crippen LogP contribution is 2.32. The van der Waals surface area contributed by atoms with E-state index < -0.39 is 0 Å². The first-order valence-electron chi connectivity index (χ1n) is 9.76. The Labute approximate surface area is 174 Å². The first-order valence-corrected chi connectivity index (χ1v) is 10.6. The van der Waals surface area contributed by atoms with Crippen molar-refractivity contribution in [3.05, 3.63) is 65.8 Å². The third kappa shape index (κ3) is 3.81. The Kier molecular flexibility index (Phi) is 4.87. The summed E-state index contributed by atoms with van der Waals surface area (Å²) >= 11 is 1.76. The minimum absolute atomic E-state index is 0.791. The van der Waals surface area contributed by atoms with Crippen molar-refractivity contribution in [1.82, 2.24) is 9.97 Å². The number of fused-ring (bicyclic) bond motifs is 1. The van der Waals surface area contributed by atoms with Crippen LogP contribution in [0.1, 0.15) is 5.56 Å². The predicted molar refractivity (Wildman–Crippen MR) is 120 cm³/mol.